The quantitative estimate of drug-likeness (QED) is 0.710. The fourth-order valence-electron chi connectivity index (χ4n) is 3.70. The molecular weight excluding hydrogens is 324 g/mol. The van der Waals surface area contributed by atoms with Gasteiger partial charge in [-0.25, -0.2) is 0 Å². The Bertz CT molecular complexity index is 563. The first-order valence-electron chi connectivity index (χ1n) is 10.1. The van der Waals surface area contributed by atoms with E-state index in [0.717, 1.165) is 38.9 Å². The van der Waals surface area contributed by atoms with Crippen molar-refractivity contribution < 1.29 is 9.59 Å². The second-order valence-corrected chi connectivity index (χ2v) is 7.85. The molecule has 1 heterocycles. The number of likely N-dealkylation sites (tertiary alicyclic amines) is 1. The lowest BCUT2D eigenvalue weighted by Gasteiger charge is -2.33. The van der Waals surface area contributed by atoms with Crippen LogP contribution in [0.2, 0.25) is 0 Å². The van der Waals surface area contributed by atoms with Crippen molar-refractivity contribution in [1.82, 2.24) is 9.80 Å². The van der Waals surface area contributed by atoms with Crippen LogP contribution in [0.1, 0.15) is 52.0 Å². The fraction of sp³-hybridized carbons (Fsp3) is 0.636. The fourth-order valence-corrected chi connectivity index (χ4v) is 3.70. The van der Waals surface area contributed by atoms with E-state index >= 15 is 0 Å². The molecule has 0 N–H and O–H groups in total. The molecule has 26 heavy (non-hydrogen) atoms. The molecule has 4 heteroatoms. The minimum absolute atomic E-state index is 0.146. The summed E-state index contributed by atoms with van der Waals surface area (Å²) >= 11 is 0. The summed E-state index contributed by atoms with van der Waals surface area (Å²) in [4.78, 5) is 28.4. The van der Waals surface area contributed by atoms with Gasteiger partial charge in [0.15, 0.2) is 0 Å². The second-order valence-electron chi connectivity index (χ2n) is 7.85. The van der Waals surface area contributed by atoms with Crippen LogP contribution in [-0.2, 0) is 16.0 Å². The smallest absolute Gasteiger partial charge is 0.224 e. The Morgan fingerprint density at radius 3 is 2.38 bits per heavy atom. The van der Waals surface area contributed by atoms with Crippen molar-refractivity contribution in [1.29, 1.82) is 0 Å². The molecule has 0 aliphatic carbocycles. The molecule has 0 aromatic heterocycles. The van der Waals surface area contributed by atoms with Gasteiger partial charge in [0.25, 0.3) is 0 Å². The molecule has 1 fully saturated rings. The Balaban J connectivity index is 1.76. The first-order chi connectivity index (χ1) is 12.5. The monoisotopic (exact) mass is 358 g/mol. The van der Waals surface area contributed by atoms with Crippen molar-refractivity contribution in [2.75, 3.05) is 26.2 Å². The number of carbonyl (C=O) groups excluding carboxylic acids is 2. The Kier molecular flexibility index (Phi) is 8.14. The lowest BCUT2D eigenvalue weighted by Crippen LogP contribution is -2.41. The van der Waals surface area contributed by atoms with Crippen LogP contribution in [0.3, 0.4) is 0 Å². The van der Waals surface area contributed by atoms with Crippen LogP contribution < -0.4 is 0 Å². The summed E-state index contributed by atoms with van der Waals surface area (Å²) < 4.78 is 0. The van der Waals surface area contributed by atoms with E-state index in [0.29, 0.717) is 31.2 Å². The summed E-state index contributed by atoms with van der Waals surface area (Å²) in [6.07, 6.45) is 4.21. The molecule has 1 saturated heterocycles. The van der Waals surface area contributed by atoms with Gasteiger partial charge < -0.3 is 9.80 Å². The van der Waals surface area contributed by atoms with Gasteiger partial charge in [-0.15, -0.1) is 0 Å². The number of amides is 2. The van der Waals surface area contributed by atoms with E-state index < -0.39 is 0 Å². The number of piperidine rings is 1. The van der Waals surface area contributed by atoms with Gasteiger partial charge >= 0.3 is 0 Å². The molecule has 1 aliphatic rings. The van der Waals surface area contributed by atoms with Crippen LogP contribution >= 0.6 is 0 Å². The molecule has 2 amide bonds. The van der Waals surface area contributed by atoms with Gasteiger partial charge in [0, 0.05) is 39.0 Å². The van der Waals surface area contributed by atoms with Crippen LogP contribution in [0.25, 0.3) is 0 Å². The second kappa shape index (κ2) is 10.3. The molecule has 0 unspecified atom stereocenters. The minimum Gasteiger partial charge on any atom is -0.343 e. The normalized spacial score (nSPS) is 15.3. The van der Waals surface area contributed by atoms with Crippen LogP contribution in [0.15, 0.2) is 30.3 Å². The van der Waals surface area contributed by atoms with Gasteiger partial charge in [-0.05, 0) is 36.7 Å². The number of nitrogens with zero attached hydrogens (tertiary/aromatic N) is 2. The van der Waals surface area contributed by atoms with E-state index in [1.54, 1.807) is 0 Å². The highest BCUT2D eigenvalue weighted by Gasteiger charge is 2.23. The van der Waals surface area contributed by atoms with E-state index in [1.165, 1.54) is 5.56 Å². The lowest BCUT2D eigenvalue weighted by atomic mass is 9.90. The first kappa shape index (κ1) is 20.5. The number of hydrogen-bond donors (Lipinski definition) is 0. The van der Waals surface area contributed by atoms with Crippen molar-refractivity contribution in [2.24, 2.45) is 11.8 Å². The third kappa shape index (κ3) is 6.47. The van der Waals surface area contributed by atoms with Crippen LogP contribution in [0.5, 0.6) is 0 Å². The molecule has 0 atom stereocenters. The Morgan fingerprint density at radius 1 is 1.15 bits per heavy atom. The average molecular weight is 359 g/mol. The molecule has 0 bridgehead atoms. The van der Waals surface area contributed by atoms with E-state index in [4.69, 9.17) is 0 Å². The minimum atomic E-state index is 0.146. The number of hydrogen-bond acceptors (Lipinski definition) is 2. The predicted octanol–water partition coefficient (Wildman–Crippen LogP) is 3.75. The maximum absolute atomic E-state index is 12.6. The molecular formula is C22H34N2O2. The standard InChI is InChI=1S/C22H34N2O2/c1-4-21(25)24(17-18(2)3)15-12-22(26)23-13-10-20(11-14-23)16-19-8-6-5-7-9-19/h5-9,18,20H,4,10-17H2,1-3H3. The summed E-state index contributed by atoms with van der Waals surface area (Å²) in [5.41, 5.74) is 1.39. The summed E-state index contributed by atoms with van der Waals surface area (Å²) in [7, 11) is 0. The zero-order valence-corrected chi connectivity index (χ0v) is 16.6. The Labute approximate surface area is 158 Å². The van der Waals surface area contributed by atoms with Gasteiger partial charge in [0.2, 0.25) is 11.8 Å². The summed E-state index contributed by atoms with van der Waals surface area (Å²) in [6, 6.07) is 10.6. The molecule has 1 aromatic carbocycles. The first-order valence-corrected chi connectivity index (χ1v) is 10.1. The van der Waals surface area contributed by atoms with Crippen LogP contribution in [0, 0.1) is 11.8 Å². The zero-order chi connectivity index (χ0) is 18.9. The summed E-state index contributed by atoms with van der Waals surface area (Å²) in [5, 5.41) is 0. The van der Waals surface area contributed by atoms with Gasteiger partial charge in [0.05, 0.1) is 0 Å². The van der Waals surface area contributed by atoms with Gasteiger partial charge in [-0.3, -0.25) is 9.59 Å². The maximum Gasteiger partial charge on any atom is 0.224 e. The highest BCUT2D eigenvalue weighted by atomic mass is 16.2. The Morgan fingerprint density at radius 2 is 1.81 bits per heavy atom. The van der Waals surface area contributed by atoms with E-state index in [1.807, 2.05) is 16.7 Å². The molecule has 0 saturated carbocycles. The van der Waals surface area contributed by atoms with Crippen molar-refractivity contribution in [3.8, 4) is 0 Å². The van der Waals surface area contributed by atoms with E-state index in [-0.39, 0.29) is 11.8 Å². The van der Waals surface area contributed by atoms with Crippen molar-refractivity contribution >= 4 is 11.8 Å². The molecule has 0 radical (unpaired) electrons. The van der Waals surface area contributed by atoms with Crippen molar-refractivity contribution in [2.45, 2.75) is 52.9 Å². The predicted molar refractivity (Wildman–Crippen MR) is 106 cm³/mol. The SMILES string of the molecule is CCC(=O)N(CCC(=O)N1CCC(Cc2ccccc2)CC1)CC(C)C. The maximum atomic E-state index is 12.6. The van der Waals surface area contributed by atoms with Crippen molar-refractivity contribution in [3.05, 3.63) is 35.9 Å². The van der Waals surface area contributed by atoms with Gasteiger partial charge in [-0.2, -0.15) is 0 Å². The highest BCUT2D eigenvalue weighted by molar-refractivity contribution is 5.79. The van der Waals surface area contributed by atoms with E-state index in [9.17, 15) is 9.59 Å². The zero-order valence-electron chi connectivity index (χ0n) is 16.6. The molecule has 2 rings (SSSR count). The van der Waals surface area contributed by atoms with Crippen molar-refractivity contribution in [3.63, 3.8) is 0 Å². The molecule has 1 aliphatic heterocycles. The highest BCUT2D eigenvalue weighted by Crippen LogP contribution is 2.22. The summed E-state index contributed by atoms with van der Waals surface area (Å²) in [5.74, 6) is 1.43. The third-order valence-corrected chi connectivity index (χ3v) is 5.17. The Hall–Kier alpha value is -1.84. The summed E-state index contributed by atoms with van der Waals surface area (Å²) in [6.45, 7) is 9.08. The van der Waals surface area contributed by atoms with Gasteiger partial charge in [0.1, 0.15) is 0 Å². The van der Waals surface area contributed by atoms with Crippen LogP contribution in [-0.4, -0.2) is 47.8 Å². The third-order valence-electron chi connectivity index (χ3n) is 5.17. The molecule has 4 nitrogen and oxygen atoms in total. The largest absolute Gasteiger partial charge is 0.343 e. The molecule has 144 valence electrons. The topological polar surface area (TPSA) is 40.6 Å². The van der Waals surface area contributed by atoms with E-state index in [2.05, 4.69) is 44.2 Å². The van der Waals surface area contributed by atoms with Crippen LogP contribution in [0.4, 0.5) is 0 Å². The number of benzene rings is 1. The molecule has 0 spiro atoms. The molecule has 1 aromatic rings. The number of rotatable bonds is 8. The van der Waals surface area contributed by atoms with Gasteiger partial charge in [-0.1, -0.05) is 51.1 Å². The average Bonchev–Trinajstić information content (AvgIpc) is 2.65. The number of carbonyl (C=O) groups is 2. The lowest BCUT2D eigenvalue weighted by molar-refractivity contribution is -0.135.